The molecule has 20 heavy (non-hydrogen) atoms. The van der Waals surface area contributed by atoms with E-state index in [-0.39, 0.29) is 18.1 Å². The molecule has 1 atom stereocenters. The molecule has 0 aliphatic carbocycles. The van der Waals surface area contributed by atoms with Gasteiger partial charge in [-0.2, -0.15) is 0 Å². The van der Waals surface area contributed by atoms with Gasteiger partial charge in [0.1, 0.15) is 9.84 Å². The fraction of sp³-hybridized carbons (Fsp3) is 0.500. The molecule has 1 N–H and O–H groups in total. The summed E-state index contributed by atoms with van der Waals surface area (Å²) in [4.78, 5) is 13.0. The molecule has 110 valence electrons. The van der Waals surface area contributed by atoms with Crippen LogP contribution in [0.3, 0.4) is 0 Å². The van der Waals surface area contributed by atoms with Crippen LogP contribution in [-0.2, 0) is 14.6 Å². The second kappa shape index (κ2) is 5.83. The fourth-order valence-electron chi connectivity index (χ4n) is 2.70. The van der Waals surface area contributed by atoms with Gasteiger partial charge in [-0.3, -0.25) is 4.79 Å². The highest BCUT2D eigenvalue weighted by atomic mass is 32.2. The van der Waals surface area contributed by atoms with E-state index in [9.17, 15) is 13.2 Å². The molecular formula is C14H19NO4S. The maximum atomic E-state index is 11.2. The molecule has 1 aromatic rings. The van der Waals surface area contributed by atoms with Crippen LogP contribution in [0.1, 0.15) is 24.3 Å². The van der Waals surface area contributed by atoms with Crippen LogP contribution < -0.4 is 4.90 Å². The first kappa shape index (κ1) is 14.8. The minimum absolute atomic E-state index is 0.0121. The monoisotopic (exact) mass is 297 g/mol. The van der Waals surface area contributed by atoms with Crippen molar-refractivity contribution < 1.29 is 18.3 Å². The van der Waals surface area contributed by atoms with E-state index >= 15 is 0 Å². The van der Waals surface area contributed by atoms with E-state index in [0.717, 1.165) is 11.3 Å². The summed E-state index contributed by atoms with van der Waals surface area (Å²) in [5, 5.41) is 8.97. The zero-order valence-corrected chi connectivity index (χ0v) is 12.3. The average Bonchev–Trinajstić information content (AvgIpc) is 2.66. The summed E-state index contributed by atoms with van der Waals surface area (Å²) >= 11 is 0. The molecule has 0 radical (unpaired) electrons. The molecule has 0 saturated carbocycles. The number of rotatable bonds is 6. The molecule has 6 heteroatoms. The Balaban J connectivity index is 2.07. The highest BCUT2D eigenvalue weighted by Crippen LogP contribution is 2.37. The fourth-order valence-corrected chi connectivity index (χ4v) is 3.35. The van der Waals surface area contributed by atoms with Gasteiger partial charge in [0.15, 0.2) is 0 Å². The zero-order chi connectivity index (χ0) is 14.8. The van der Waals surface area contributed by atoms with Crippen molar-refractivity contribution in [3.05, 3.63) is 29.8 Å². The lowest BCUT2D eigenvalue weighted by atomic mass is 9.98. The number of hydrogen-bond donors (Lipinski definition) is 1. The second-order valence-corrected chi connectivity index (χ2v) is 7.54. The van der Waals surface area contributed by atoms with Crippen LogP contribution in [-0.4, -0.2) is 44.6 Å². The van der Waals surface area contributed by atoms with Crippen molar-refractivity contribution in [3.63, 3.8) is 0 Å². The van der Waals surface area contributed by atoms with Crippen LogP contribution >= 0.6 is 0 Å². The van der Waals surface area contributed by atoms with Gasteiger partial charge in [-0.15, -0.1) is 0 Å². The number of carboxylic acids is 1. The third-order valence-corrected chi connectivity index (χ3v) is 4.55. The molecule has 2 rings (SSSR count). The van der Waals surface area contributed by atoms with Crippen molar-refractivity contribution in [2.24, 2.45) is 0 Å². The van der Waals surface area contributed by atoms with Gasteiger partial charge < -0.3 is 10.0 Å². The Hall–Kier alpha value is -1.56. The van der Waals surface area contributed by atoms with Crippen LogP contribution in [0.15, 0.2) is 24.3 Å². The van der Waals surface area contributed by atoms with Crippen LogP contribution in [0, 0.1) is 0 Å². The summed E-state index contributed by atoms with van der Waals surface area (Å²) in [7, 11) is -2.95. The number of nitrogens with zero attached hydrogens (tertiary/aromatic N) is 1. The Bertz CT molecular complexity index is 597. The molecule has 1 heterocycles. The lowest BCUT2D eigenvalue weighted by Gasteiger charge is -2.19. The predicted octanol–water partition coefficient (Wildman–Crippen LogP) is 1.50. The third kappa shape index (κ3) is 3.72. The normalized spacial score (nSPS) is 18.1. The largest absolute Gasteiger partial charge is 0.481 e. The molecule has 0 spiro atoms. The number of hydrogen-bond acceptors (Lipinski definition) is 4. The van der Waals surface area contributed by atoms with Crippen molar-refractivity contribution in [2.45, 2.75) is 18.8 Å². The Labute approximate surface area is 119 Å². The van der Waals surface area contributed by atoms with Crippen molar-refractivity contribution >= 4 is 21.5 Å². The quantitative estimate of drug-likeness (QED) is 0.861. The first-order chi connectivity index (χ1) is 9.37. The lowest BCUT2D eigenvalue weighted by molar-refractivity contribution is -0.137. The van der Waals surface area contributed by atoms with E-state index in [4.69, 9.17) is 5.11 Å². The summed E-state index contributed by atoms with van der Waals surface area (Å²) in [5.74, 6) is -0.653. The first-order valence-corrected chi connectivity index (χ1v) is 8.66. The van der Waals surface area contributed by atoms with Gasteiger partial charge in [0.05, 0.1) is 12.2 Å². The molecule has 0 saturated heterocycles. The molecule has 0 bridgehead atoms. The summed E-state index contributed by atoms with van der Waals surface area (Å²) in [6.07, 6.45) is 1.91. The minimum atomic E-state index is -2.95. The topological polar surface area (TPSA) is 74.7 Å². The number of aliphatic carboxylic acids is 1. The minimum Gasteiger partial charge on any atom is -0.481 e. The second-order valence-electron chi connectivity index (χ2n) is 5.28. The Morgan fingerprint density at radius 2 is 2.10 bits per heavy atom. The van der Waals surface area contributed by atoms with Gasteiger partial charge in [0.25, 0.3) is 0 Å². The maximum Gasteiger partial charge on any atom is 0.304 e. The number of carboxylic acid groups (broad SMARTS) is 1. The third-order valence-electron chi connectivity index (χ3n) is 3.52. The number of carbonyl (C=O) groups is 1. The molecule has 1 unspecified atom stereocenters. The van der Waals surface area contributed by atoms with Crippen LogP contribution in [0.2, 0.25) is 0 Å². The standard InChI is InChI=1S/C14H19NO4S/c1-20(18,19)8-4-7-15-10-11(9-14(16)17)12-5-2-3-6-13(12)15/h2-3,5-6,11H,4,7-10H2,1H3,(H,16,17). The number of para-hydroxylation sites is 1. The molecule has 0 aromatic heterocycles. The summed E-state index contributed by atoms with van der Waals surface area (Å²) < 4.78 is 22.3. The predicted molar refractivity (Wildman–Crippen MR) is 78.0 cm³/mol. The van der Waals surface area contributed by atoms with E-state index in [1.54, 1.807) is 0 Å². The van der Waals surface area contributed by atoms with Gasteiger partial charge in [0, 0.05) is 31.0 Å². The van der Waals surface area contributed by atoms with Gasteiger partial charge >= 0.3 is 5.97 Å². The van der Waals surface area contributed by atoms with E-state index < -0.39 is 15.8 Å². The van der Waals surface area contributed by atoms with E-state index in [1.807, 2.05) is 24.3 Å². The SMILES string of the molecule is CS(=O)(=O)CCCN1CC(CC(=O)O)c2ccccc21. The molecule has 0 amide bonds. The number of sulfone groups is 1. The maximum absolute atomic E-state index is 11.2. The molecule has 0 fully saturated rings. The Morgan fingerprint density at radius 1 is 1.40 bits per heavy atom. The molecule has 5 nitrogen and oxygen atoms in total. The van der Waals surface area contributed by atoms with E-state index in [0.29, 0.717) is 19.5 Å². The lowest BCUT2D eigenvalue weighted by Crippen LogP contribution is -2.25. The smallest absolute Gasteiger partial charge is 0.304 e. The number of anilines is 1. The summed E-state index contributed by atoms with van der Waals surface area (Å²) in [6.45, 7) is 1.29. The number of benzene rings is 1. The Morgan fingerprint density at radius 3 is 2.75 bits per heavy atom. The van der Waals surface area contributed by atoms with Gasteiger partial charge in [-0.25, -0.2) is 8.42 Å². The van der Waals surface area contributed by atoms with Crippen LogP contribution in [0.25, 0.3) is 0 Å². The molecule has 1 aliphatic rings. The van der Waals surface area contributed by atoms with Crippen molar-refractivity contribution in [3.8, 4) is 0 Å². The number of fused-ring (bicyclic) bond motifs is 1. The van der Waals surface area contributed by atoms with E-state index in [2.05, 4.69) is 4.90 Å². The van der Waals surface area contributed by atoms with Crippen LogP contribution in [0.5, 0.6) is 0 Å². The average molecular weight is 297 g/mol. The zero-order valence-electron chi connectivity index (χ0n) is 11.4. The first-order valence-electron chi connectivity index (χ1n) is 6.60. The van der Waals surface area contributed by atoms with Gasteiger partial charge in [-0.05, 0) is 18.1 Å². The Kier molecular flexibility index (Phi) is 4.32. The molecule has 1 aromatic carbocycles. The highest BCUT2D eigenvalue weighted by molar-refractivity contribution is 7.90. The van der Waals surface area contributed by atoms with Gasteiger partial charge in [-0.1, -0.05) is 18.2 Å². The summed E-state index contributed by atoms with van der Waals surface area (Å²) in [5.41, 5.74) is 2.08. The molecule has 1 aliphatic heterocycles. The summed E-state index contributed by atoms with van der Waals surface area (Å²) in [6, 6.07) is 7.76. The highest BCUT2D eigenvalue weighted by Gasteiger charge is 2.29. The molecular weight excluding hydrogens is 278 g/mol. The van der Waals surface area contributed by atoms with Gasteiger partial charge in [0.2, 0.25) is 0 Å². The van der Waals surface area contributed by atoms with Crippen LogP contribution in [0.4, 0.5) is 5.69 Å². The van der Waals surface area contributed by atoms with Crippen molar-refractivity contribution in [2.75, 3.05) is 30.0 Å². The van der Waals surface area contributed by atoms with Crippen molar-refractivity contribution in [1.29, 1.82) is 0 Å². The van der Waals surface area contributed by atoms with E-state index in [1.165, 1.54) is 6.26 Å². The van der Waals surface area contributed by atoms with Crippen molar-refractivity contribution in [1.82, 2.24) is 0 Å².